The van der Waals surface area contributed by atoms with Crippen LogP contribution in [0.3, 0.4) is 0 Å². The van der Waals surface area contributed by atoms with Crippen LogP contribution in [0.25, 0.3) is 0 Å². The molecule has 0 radical (unpaired) electrons. The Morgan fingerprint density at radius 1 is 1.40 bits per heavy atom. The van der Waals surface area contributed by atoms with E-state index in [1.807, 2.05) is 6.07 Å². The Morgan fingerprint density at radius 2 is 2.13 bits per heavy atom. The van der Waals surface area contributed by atoms with E-state index in [4.69, 9.17) is 4.42 Å². The number of carbonyl (C=O) groups excluding carboxylic acids is 1. The minimum Gasteiger partial charge on any atom is -0.465 e. The van der Waals surface area contributed by atoms with Crippen LogP contribution < -0.4 is 5.32 Å². The van der Waals surface area contributed by atoms with Crippen molar-refractivity contribution < 1.29 is 9.21 Å². The molecule has 3 rings (SSSR count). The monoisotopic (exact) mass is 205 g/mol. The summed E-state index contributed by atoms with van der Waals surface area (Å²) in [5.41, 5.74) is 0. The van der Waals surface area contributed by atoms with E-state index in [2.05, 4.69) is 18.3 Å². The summed E-state index contributed by atoms with van der Waals surface area (Å²) in [6, 6.07) is 4.11. The van der Waals surface area contributed by atoms with Gasteiger partial charge < -0.3 is 9.73 Å². The van der Waals surface area contributed by atoms with E-state index in [1.54, 1.807) is 0 Å². The van der Waals surface area contributed by atoms with Crippen LogP contribution in [0.2, 0.25) is 0 Å². The summed E-state index contributed by atoms with van der Waals surface area (Å²) >= 11 is 0. The summed E-state index contributed by atoms with van der Waals surface area (Å²) in [5.74, 6) is 3.87. The van der Waals surface area contributed by atoms with Crippen LogP contribution in [0, 0.1) is 5.92 Å². The molecule has 2 heterocycles. The van der Waals surface area contributed by atoms with Crippen molar-refractivity contribution in [3.63, 3.8) is 0 Å². The SMILES string of the molecule is CC1CC1c1ccc(C2CNC(=O)C2)o1. The topological polar surface area (TPSA) is 42.2 Å². The molecule has 1 aromatic rings. The van der Waals surface area contributed by atoms with Gasteiger partial charge in [-0.25, -0.2) is 0 Å². The van der Waals surface area contributed by atoms with Gasteiger partial charge in [0.2, 0.25) is 5.91 Å². The Balaban J connectivity index is 1.76. The molecule has 3 unspecified atom stereocenters. The lowest BCUT2D eigenvalue weighted by atomic mass is 10.1. The van der Waals surface area contributed by atoms with E-state index in [-0.39, 0.29) is 11.8 Å². The van der Waals surface area contributed by atoms with Crippen molar-refractivity contribution in [1.29, 1.82) is 0 Å². The standard InChI is InChI=1S/C12H15NO2/c1-7-4-9(7)11-3-2-10(15-11)8-5-12(14)13-6-8/h2-3,7-9H,4-6H2,1H3,(H,13,14). The molecular formula is C12H15NO2. The maximum absolute atomic E-state index is 11.1. The second-order valence-corrected chi connectivity index (χ2v) is 4.76. The van der Waals surface area contributed by atoms with Crippen LogP contribution in [0.15, 0.2) is 16.5 Å². The van der Waals surface area contributed by atoms with Crippen molar-refractivity contribution in [2.45, 2.75) is 31.6 Å². The number of furan rings is 1. The number of rotatable bonds is 2. The maximum Gasteiger partial charge on any atom is 0.220 e. The zero-order chi connectivity index (χ0) is 10.4. The van der Waals surface area contributed by atoms with Crippen molar-refractivity contribution in [2.24, 2.45) is 5.92 Å². The molecule has 2 aliphatic rings. The van der Waals surface area contributed by atoms with Crippen molar-refractivity contribution in [1.82, 2.24) is 5.32 Å². The minimum absolute atomic E-state index is 0.137. The molecule has 1 aliphatic heterocycles. The predicted molar refractivity (Wildman–Crippen MR) is 55.6 cm³/mol. The van der Waals surface area contributed by atoms with Crippen LogP contribution in [-0.4, -0.2) is 12.5 Å². The number of hydrogen-bond donors (Lipinski definition) is 1. The van der Waals surface area contributed by atoms with Crippen molar-refractivity contribution in [3.05, 3.63) is 23.7 Å². The van der Waals surface area contributed by atoms with Gasteiger partial charge in [0.05, 0.1) is 0 Å². The molecule has 1 aliphatic carbocycles. The van der Waals surface area contributed by atoms with Gasteiger partial charge in [0.1, 0.15) is 11.5 Å². The van der Waals surface area contributed by atoms with Crippen LogP contribution in [0.4, 0.5) is 0 Å². The third-order valence-electron chi connectivity index (χ3n) is 3.50. The molecule has 3 atom stereocenters. The highest BCUT2D eigenvalue weighted by atomic mass is 16.3. The van der Waals surface area contributed by atoms with E-state index < -0.39 is 0 Å². The van der Waals surface area contributed by atoms with Crippen LogP contribution >= 0.6 is 0 Å². The summed E-state index contributed by atoms with van der Waals surface area (Å²) in [6.07, 6.45) is 1.82. The van der Waals surface area contributed by atoms with E-state index >= 15 is 0 Å². The smallest absolute Gasteiger partial charge is 0.220 e. The van der Waals surface area contributed by atoms with Gasteiger partial charge in [0.15, 0.2) is 0 Å². The number of hydrogen-bond acceptors (Lipinski definition) is 2. The fourth-order valence-electron chi connectivity index (χ4n) is 2.31. The van der Waals surface area contributed by atoms with E-state index in [0.29, 0.717) is 12.3 Å². The average Bonchev–Trinajstić information content (AvgIpc) is 2.71. The Kier molecular flexibility index (Phi) is 1.87. The molecule has 1 N–H and O–H groups in total. The van der Waals surface area contributed by atoms with Gasteiger partial charge in [-0.2, -0.15) is 0 Å². The molecule has 15 heavy (non-hydrogen) atoms. The Morgan fingerprint density at radius 3 is 2.73 bits per heavy atom. The molecule has 1 saturated heterocycles. The fraction of sp³-hybridized carbons (Fsp3) is 0.583. The minimum atomic E-state index is 0.137. The lowest BCUT2D eigenvalue weighted by Gasteiger charge is -2.01. The van der Waals surface area contributed by atoms with E-state index in [1.165, 1.54) is 6.42 Å². The zero-order valence-electron chi connectivity index (χ0n) is 8.82. The van der Waals surface area contributed by atoms with Crippen molar-refractivity contribution in [2.75, 3.05) is 6.54 Å². The van der Waals surface area contributed by atoms with Gasteiger partial charge in [-0.05, 0) is 24.5 Å². The lowest BCUT2D eigenvalue weighted by molar-refractivity contribution is -0.119. The van der Waals surface area contributed by atoms with Gasteiger partial charge in [-0.15, -0.1) is 0 Å². The first-order valence-electron chi connectivity index (χ1n) is 5.60. The van der Waals surface area contributed by atoms with Gasteiger partial charge in [-0.1, -0.05) is 6.92 Å². The molecule has 3 heteroatoms. The van der Waals surface area contributed by atoms with E-state index in [9.17, 15) is 4.79 Å². The molecule has 80 valence electrons. The highest BCUT2D eigenvalue weighted by Gasteiger charge is 2.37. The molecule has 1 aromatic heterocycles. The highest BCUT2D eigenvalue weighted by Crippen LogP contribution is 2.47. The third-order valence-corrected chi connectivity index (χ3v) is 3.50. The van der Waals surface area contributed by atoms with Crippen molar-refractivity contribution >= 4 is 5.91 Å². The first-order chi connectivity index (χ1) is 7.24. The second kappa shape index (κ2) is 3.12. The summed E-state index contributed by atoms with van der Waals surface area (Å²) in [5, 5.41) is 2.83. The first kappa shape index (κ1) is 9.01. The molecule has 0 spiro atoms. The zero-order valence-corrected chi connectivity index (χ0v) is 8.82. The van der Waals surface area contributed by atoms with Crippen molar-refractivity contribution in [3.8, 4) is 0 Å². The summed E-state index contributed by atoms with van der Waals surface area (Å²) in [6.45, 7) is 2.97. The van der Waals surface area contributed by atoms with Gasteiger partial charge in [0, 0.05) is 24.8 Å². The summed E-state index contributed by atoms with van der Waals surface area (Å²) in [4.78, 5) is 11.1. The molecule has 0 aromatic carbocycles. The molecule has 2 fully saturated rings. The van der Waals surface area contributed by atoms with Gasteiger partial charge in [0.25, 0.3) is 0 Å². The third kappa shape index (κ3) is 1.56. The average molecular weight is 205 g/mol. The Bertz CT molecular complexity index is 396. The van der Waals surface area contributed by atoms with Crippen LogP contribution in [-0.2, 0) is 4.79 Å². The molecule has 3 nitrogen and oxygen atoms in total. The van der Waals surface area contributed by atoms with Crippen LogP contribution in [0.1, 0.15) is 43.1 Å². The summed E-state index contributed by atoms with van der Waals surface area (Å²) in [7, 11) is 0. The molecular weight excluding hydrogens is 190 g/mol. The molecule has 1 saturated carbocycles. The quantitative estimate of drug-likeness (QED) is 0.802. The summed E-state index contributed by atoms with van der Waals surface area (Å²) < 4.78 is 5.82. The second-order valence-electron chi connectivity index (χ2n) is 4.76. The normalized spacial score (nSPS) is 34.2. The number of nitrogens with one attached hydrogen (secondary N) is 1. The number of carbonyl (C=O) groups is 1. The highest BCUT2D eigenvalue weighted by molar-refractivity contribution is 5.79. The number of amides is 1. The Hall–Kier alpha value is -1.25. The van der Waals surface area contributed by atoms with Gasteiger partial charge in [-0.3, -0.25) is 4.79 Å². The first-order valence-corrected chi connectivity index (χ1v) is 5.60. The maximum atomic E-state index is 11.1. The Labute approximate surface area is 88.8 Å². The van der Waals surface area contributed by atoms with Gasteiger partial charge >= 0.3 is 0 Å². The molecule has 1 amide bonds. The molecule has 0 bridgehead atoms. The van der Waals surface area contributed by atoms with E-state index in [0.717, 1.165) is 24.0 Å². The van der Waals surface area contributed by atoms with Crippen LogP contribution in [0.5, 0.6) is 0 Å². The fourth-order valence-corrected chi connectivity index (χ4v) is 2.31. The lowest BCUT2D eigenvalue weighted by Crippen LogP contribution is -2.13. The largest absolute Gasteiger partial charge is 0.465 e. The predicted octanol–water partition coefficient (Wildman–Crippen LogP) is 2.01.